The lowest BCUT2D eigenvalue weighted by Crippen LogP contribution is -2.27. The number of aryl methyl sites for hydroxylation is 1. The molecule has 0 aromatic heterocycles. The summed E-state index contributed by atoms with van der Waals surface area (Å²) in [6.45, 7) is 1.92. The van der Waals surface area contributed by atoms with E-state index in [0.29, 0.717) is 29.2 Å². The highest BCUT2D eigenvalue weighted by atomic mass is 79.9. The zero-order chi connectivity index (χ0) is 22.9. The summed E-state index contributed by atoms with van der Waals surface area (Å²) in [4.78, 5) is 0.191. The van der Waals surface area contributed by atoms with Gasteiger partial charge in [0, 0.05) is 16.5 Å². The van der Waals surface area contributed by atoms with Gasteiger partial charge in [-0.15, -0.1) is 0 Å². The van der Waals surface area contributed by atoms with E-state index in [-0.39, 0.29) is 4.90 Å². The number of ether oxygens (including phenoxy) is 2. The van der Waals surface area contributed by atoms with Gasteiger partial charge in [-0.1, -0.05) is 45.8 Å². The van der Waals surface area contributed by atoms with Crippen molar-refractivity contribution < 1.29 is 17.9 Å². The van der Waals surface area contributed by atoms with Crippen LogP contribution in [0.25, 0.3) is 0 Å². The van der Waals surface area contributed by atoms with Crippen molar-refractivity contribution in [2.75, 3.05) is 14.2 Å². The van der Waals surface area contributed by atoms with E-state index in [2.05, 4.69) is 21.0 Å². The fourth-order valence-electron chi connectivity index (χ4n) is 3.68. The molecule has 0 bridgehead atoms. The predicted octanol–water partition coefficient (Wildman–Crippen LogP) is 5.31. The second-order valence-electron chi connectivity index (χ2n) is 7.47. The fraction of sp³-hybridized carbons (Fsp3) is 0.208. The van der Waals surface area contributed by atoms with Crippen LogP contribution in [-0.4, -0.2) is 32.8 Å². The maximum atomic E-state index is 13.7. The number of hydrazone groups is 1. The van der Waals surface area contributed by atoms with E-state index in [1.165, 1.54) is 4.41 Å². The van der Waals surface area contributed by atoms with Crippen LogP contribution in [0.15, 0.2) is 81.2 Å². The van der Waals surface area contributed by atoms with Gasteiger partial charge in [0.05, 0.1) is 30.9 Å². The van der Waals surface area contributed by atoms with Crippen molar-refractivity contribution in [3.05, 3.63) is 87.9 Å². The molecule has 0 N–H and O–H groups in total. The maximum absolute atomic E-state index is 13.7. The quantitative estimate of drug-likeness (QED) is 0.446. The van der Waals surface area contributed by atoms with Crippen LogP contribution < -0.4 is 9.47 Å². The van der Waals surface area contributed by atoms with E-state index < -0.39 is 16.1 Å². The Labute approximate surface area is 196 Å². The van der Waals surface area contributed by atoms with Crippen LogP contribution in [0.4, 0.5) is 0 Å². The lowest BCUT2D eigenvalue weighted by Gasteiger charge is -2.25. The van der Waals surface area contributed by atoms with Gasteiger partial charge in [-0.3, -0.25) is 0 Å². The molecule has 1 aliphatic heterocycles. The third-order valence-corrected chi connectivity index (χ3v) is 7.64. The first-order chi connectivity index (χ1) is 15.3. The van der Waals surface area contributed by atoms with Crippen LogP contribution in [-0.2, 0) is 10.0 Å². The van der Waals surface area contributed by atoms with Crippen LogP contribution in [0.3, 0.4) is 0 Å². The Kier molecular flexibility index (Phi) is 6.26. The Balaban J connectivity index is 1.85. The van der Waals surface area contributed by atoms with Crippen molar-refractivity contribution in [3.63, 3.8) is 0 Å². The molecule has 0 saturated heterocycles. The van der Waals surface area contributed by atoms with Gasteiger partial charge in [-0.05, 0) is 55.0 Å². The lowest BCUT2D eigenvalue weighted by molar-refractivity contribution is 0.346. The second kappa shape index (κ2) is 8.96. The Morgan fingerprint density at radius 3 is 2.28 bits per heavy atom. The van der Waals surface area contributed by atoms with Gasteiger partial charge >= 0.3 is 0 Å². The molecule has 1 atom stereocenters. The Morgan fingerprint density at radius 2 is 1.66 bits per heavy atom. The Morgan fingerprint density at radius 1 is 0.969 bits per heavy atom. The summed E-state index contributed by atoms with van der Waals surface area (Å²) < 4.78 is 40.4. The summed E-state index contributed by atoms with van der Waals surface area (Å²) in [7, 11) is -0.767. The highest BCUT2D eigenvalue weighted by Gasteiger charge is 2.39. The molecule has 4 rings (SSSR count). The molecule has 1 aliphatic rings. The molecule has 32 heavy (non-hydrogen) atoms. The summed E-state index contributed by atoms with van der Waals surface area (Å²) in [5.41, 5.74) is 3.22. The van der Waals surface area contributed by atoms with Crippen molar-refractivity contribution in [3.8, 4) is 11.5 Å². The van der Waals surface area contributed by atoms with E-state index in [1.807, 2.05) is 31.2 Å². The predicted molar refractivity (Wildman–Crippen MR) is 128 cm³/mol. The van der Waals surface area contributed by atoms with Gasteiger partial charge < -0.3 is 9.47 Å². The monoisotopic (exact) mass is 514 g/mol. The summed E-state index contributed by atoms with van der Waals surface area (Å²) in [5.74, 6) is 1.19. The van der Waals surface area contributed by atoms with Crippen molar-refractivity contribution >= 4 is 31.7 Å². The first kappa shape index (κ1) is 22.4. The highest BCUT2D eigenvalue weighted by Crippen LogP contribution is 2.42. The number of benzene rings is 3. The van der Waals surface area contributed by atoms with E-state index in [1.54, 1.807) is 56.7 Å². The molecule has 166 valence electrons. The smallest absolute Gasteiger partial charge is 0.279 e. The zero-order valence-electron chi connectivity index (χ0n) is 17.9. The number of halogens is 1. The largest absolute Gasteiger partial charge is 0.497 e. The zero-order valence-corrected chi connectivity index (χ0v) is 20.4. The van der Waals surface area contributed by atoms with Gasteiger partial charge in [0.15, 0.2) is 0 Å². The minimum atomic E-state index is -3.91. The van der Waals surface area contributed by atoms with Crippen molar-refractivity contribution in [2.45, 2.75) is 24.3 Å². The molecule has 1 unspecified atom stereocenters. The number of sulfonamides is 1. The molecule has 0 saturated carbocycles. The minimum absolute atomic E-state index is 0.191. The fourth-order valence-corrected chi connectivity index (χ4v) is 5.37. The molecule has 0 amide bonds. The number of hydrogen-bond acceptors (Lipinski definition) is 5. The molecular weight excluding hydrogens is 492 g/mol. The Bertz CT molecular complexity index is 1260. The average Bonchev–Trinajstić information content (AvgIpc) is 3.25. The third-order valence-electron chi connectivity index (χ3n) is 5.41. The van der Waals surface area contributed by atoms with Crippen LogP contribution >= 0.6 is 15.9 Å². The molecule has 6 nitrogen and oxygen atoms in total. The van der Waals surface area contributed by atoms with Crippen LogP contribution in [0.1, 0.15) is 29.2 Å². The first-order valence-electron chi connectivity index (χ1n) is 10.00. The number of rotatable bonds is 6. The van der Waals surface area contributed by atoms with Crippen LogP contribution in [0, 0.1) is 6.92 Å². The average molecular weight is 515 g/mol. The molecule has 0 spiro atoms. The van der Waals surface area contributed by atoms with Crippen LogP contribution in [0.5, 0.6) is 11.5 Å². The number of nitrogens with zero attached hydrogens (tertiary/aromatic N) is 2. The minimum Gasteiger partial charge on any atom is -0.497 e. The first-order valence-corrected chi connectivity index (χ1v) is 12.2. The van der Waals surface area contributed by atoms with Crippen LogP contribution in [0.2, 0.25) is 0 Å². The molecular formula is C24H23BrN2O4S. The van der Waals surface area contributed by atoms with E-state index >= 15 is 0 Å². The molecule has 8 heteroatoms. The van der Waals surface area contributed by atoms with Crippen molar-refractivity contribution in [1.82, 2.24) is 4.41 Å². The van der Waals surface area contributed by atoms with Gasteiger partial charge in [-0.25, -0.2) is 0 Å². The standard InChI is InChI=1S/C24H23BrN2O4S/c1-16-4-11-20(12-5-16)32(28,29)27-23(21-14-19(30-2)10-13-24(21)31-3)15-22(26-27)17-6-8-18(25)9-7-17/h4-14,23H,15H2,1-3H3. The highest BCUT2D eigenvalue weighted by molar-refractivity contribution is 9.10. The molecule has 3 aromatic carbocycles. The summed E-state index contributed by atoms with van der Waals surface area (Å²) in [6.07, 6.45) is 0.399. The van der Waals surface area contributed by atoms with E-state index in [4.69, 9.17) is 9.47 Å². The van der Waals surface area contributed by atoms with Gasteiger partial charge in [0.25, 0.3) is 10.0 Å². The van der Waals surface area contributed by atoms with Gasteiger partial charge in [-0.2, -0.15) is 17.9 Å². The van der Waals surface area contributed by atoms with Crippen molar-refractivity contribution in [1.29, 1.82) is 0 Å². The lowest BCUT2D eigenvalue weighted by atomic mass is 9.98. The van der Waals surface area contributed by atoms with Crippen molar-refractivity contribution in [2.24, 2.45) is 5.10 Å². The molecule has 0 radical (unpaired) electrons. The summed E-state index contributed by atoms with van der Waals surface area (Å²) >= 11 is 3.44. The van der Waals surface area contributed by atoms with Gasteiger partial charge in [0.2, 0.25) is 0 Å². The second-order valence-corrected chi connectivity index (χ2v) is 10.2. The SMILES string of the molecule is COc1ccc(OC)c(C2CC(c3ccc(Br)cc3)=NN2S(=O)(=O)c2ccc(C)cc2)c1. The molecule has 0 aliphatic carbocycles. The summed E-state index contributed by atoms with van der Waals surface area (Å²) in [5, 5.41) is 4.60. The van der Waals surface area contributed by atoms with E-state index in [9.17, 15) is 8.42 Å². The molecule has 1 heterocycles. The summed E-state index contributed by atoms with van der Waals surface area (Å²) in [6, 6.07) is 19.2. The normalized spacial score (nSPS) is 16.1. The van der Waals surface area contributed by atoms with Gasteiger partial charge in [0.1, 0.15) is 11.5 Å². The topological polar surface area (TPSA) is 68.2 Å². The number of methoxy groups -OCH3 is 2. The number of hydrogen-bond donors (Lipinski definition) is 0. The maximum Gasteiger partial charge on any atom is 0.279 e. The third kappa shape index (κ3) is 4.25. The Hall–Kier alpha value is -2.84. The molecule has 3 aromatic rings. The van der Waals surface area contributed by atoms with E-state index in [0.717, 1.165) is 15.6 Å². The molecule has 0 fully saturated rings.